The molecule has 1 aromatic rings. The summed E-state index contributed by atoms with van der Waals surface area (Å²) < 4.78 is 0. The molecule has 6 heteroatoms. The molecule has 0 radical (unpaired) electrons. The number of amides is 3. The average Bonchev–Trinajstić information content (AvgIpc) is 2.72. The van der Waals surface area contributed by atoms with Gasteiger partial charge in [0, 0.05) is 25.2 Å². The zero-order valence-corrected chi connectivity index (χ0v) is 11.6. The van der Waals surface area contributed by atoms with E-state index in [2.05, 4.69) is 10.6 Å². The first-order valence-corrected chi connectivity index (χ1v) is 6.41. The van der Waals surface area contributed by atoms with E-state index in [0.29, 0.717) is 18.1 Å². The summed E-state index contributed by atoms with van der Waals surface area (Å²) in [7, 11) is 1.60. The molecule has 2 N–H and O–H groups in total. The fourth-order valence-corrected chi connectivity index (χ4v) is 2.19. The van der Waals surface area contributed by atoms with Crippen molar-refractivity contribution >= 4 is 23.5 Å². The standard InChI is InChI=1S/C13H16ClN3O2/c1-8-4-3-5-9(11(8)14)6-15-12(18)10-7-16-13(19)17(10)2/h3-5,10H,6-7H2,1-2H3,(H,15,18)(H,16,19). The first-order valence-electron chi connectivity index (χ1n) is 6.03. The Morgan fingerprint density at radius 2 is 2.32 bits per heavy atom. The van der Waals surface area contributed by atoms with Crippen LogP contribution in [0.2, 0.25) is 5.02 Å². The maximum Gasteiger partial charge on any atom is 0.317 e. The van der Waals surface area contributed by atoms with E-state index in [1.54, 1.807) is 7.05 Å². The minimum absolute atomic E-state index is 0.182. The summed E-state index contributed by atoms with van der Waals surface area (Å²) in [4.78, 5) is 24.7. The van der Waals surface area contributed by atoms with Crippen LogP contribution in [-0.4, -0.2) is 36.5 Å². The topological polar surface area (TPSA) is 61.4 Å². The number of nitrogens with zero attached hydrogens (tertiary/aromatic N) is 1. The second kappa shape index (κ2) is 5.48. The van der Waals surface area contributed by atoms with Crippen LogP contribution in [0.15, 0.2) is 18.2 Å². The lowest BCUT2D eigenvalue weighted by molar-refractivity contribution is -0.124. The molecule has 1 saturated heterocycles. The lowest BCUT2D eigenvalue weighted by atomic mass is 10.1. The Balaban J connectivity index is 1.97. The maximum atomic E-state index is 12.0. The molecule has 1 atom stereocenters. The Morgan fingerprint density at radius 1 is 1.58 bits per heavy atom. The molecule has 102 valence electrons. The van der Waals surface area contributed by atoms with Gasteiger partial charge in [0.25, 0.3) is 0 Å². The summed E-state index contributed by atoms with van der Waals surface area (Å²) in [6, 6.07) is 5.00. The van der Waals surface area contributed by atoms with Crippen molar-refractivity contribution in [1.82, 2.24) is 15.5 Å². The zero-order chi connectivity index (χ0) is 14.0. The van der Waals surface area contributed by atoms with Crippen molar-refractivity contribution in [3.63, 3.8) is 0 Å². The van der Waals surface area contributed by atoms with E-state index >= 15 is 0 Å². The highest BCUT2D eigenvalue weighted by atomic mass is 35.5. The number of rotatable bonds is 3. The number of carbonyl (C=O) groups excluding carboxylic acids is 2. The Kier molecular flexibility index (Phi) is 3.95. The van der Waals surface area contributed by atoms with Gasteiger partial charge in [-0.05, 0) is 18.1 Å². The van der Waals surface area contributed by atoms with Gasteiger partial charge in [0.15, 0.2) is 0 Å². The summed E-state index contributed by atoms with van der Waals surface area (Å²) in [5, 5.41) is 6.09. The van der Waals surface area contributed by atoms with Crippen molar-refractivity contribution < 1.29 is 9.59 Å². The Morgan fingerprint density at radius 3 is 2.95 bits per heavy atom. The van der Waals surface area contributed by atoms with Gasteiger partial charge >= 0.3 is 6.03 Å². The van der Waals surface area contributed by atoms with Gasteiger partial charge in [0.05, 0.1) is 0 Å². The molecule has 3 amide bonds. The number of hydrogen-bond donors (Lipinski definition) is 2. The fourth-order valence-electron chi connectivity index (χ4n) is 2.00. The minimum Gasteiger partial charge on any atom is -0.350 e. The van der Waals surface area contributed by atoms with Crippen LogP contribution in [0.5, 0.6) is 0 Å². The van der Waals surface area contributed by atoms with Gasteiger partial charge in [-0.25, -0.2) is 4.79 Å². The number of carbonyl (C=O) groups is 2. The third-order valence-electron chi connectivity index (χ3n) is 3.26. The van der Waals surface area contributed by atoms with Crippen LogP contribution in [0, 0.1) is 6.92 Å². The van der Waals surface area contributed by atoms with E-state index in [4.69, 9.17) is 11.6 Å². The predicted octanol–water partition coefficient (Wildman–Crippen LogP) is 1.29. The van der Waals surface area contributed by atoms with E-state index in [1.165, 1.54) is 4.90 Å². The summed E-state index contributed by atoms with van der Waals surface area (Å²) in [6.07, 6.45) is 0. The summed E-state index contributed by atoms with van der Waals surface area (Å²) >= 11 is 6.16. The lowest BCUT2D eigenvalue weighted by Crippen LogP contribution is -2.43. The number of hydrogen-bond acceptors (Lipinski definition) is 2. The summed E-state index contributed by atoms with van der Waals surface area (Å²) in [6.45, 7) is 2.61. The number of likely N-dealkylation sites (N-methyl/N-ethyl adjacent to an activating group) is 1. The Bertz CT molecular complexity index is 519. The van der Waals surface area contributed by atoms with Crippen molar-refractivity contribution in [3.8, 4) is 0 Å². The van der Waals surface area contributed by atoms with Crippen LogP contribution in [0.4, 0.5) is 4.79 Å². The first-order chi connectivity index (χ1) is 9.00. The number of urea groups is 1. The van der Waals surface area contributed by atoms with Crippen molar-refractivity contribution in [1.29, 1.82) is 0 Å². The molecule has 19 heavy (non-hydrogen) atoms. The predicted molar refractivity (Wildman–Crippen MR) is 73.0 cm³/mol. The van der Waals surface area contributed by atoms with Crippen molar-refractivity contribution in [2.45, 2.75) is 19.5 Å². The highest BCUT2D eigenvalue weighted by Crippen LogP contribution is 2.20. The fraction of sp³-hybridized carbons (Fsp3) is 0.385. The van der Waals surface area contributed by atoms with E-state index < -0.39 is 6.04 Å². The SMILES string of the molecule is Cc1cccc(CNC(=O)C2CNC(=O)N2C)c1Cl. The van der Waals surface area contributed by atoms with Crippen LogP contribution in [0.1, 0.15) is 11.1 Å². The Labute approximate surface area is 116 Å². The average molecular weight is 282 g/mol. The van der Waals surface area contributed by atoms with Crippen molar-refractivity contribution in [2.24, 2.45) is 0 Å². The van der Waals surface area contributed by atoms with Gasteiger partial charge in [-0.15, -0.1) is 0 Å². The van der Waals surface area contributed by atoms with Gasteiger partial charge in [-0.3, -0.25) is 4.79 Å². The van der Waals surface area contributed by atoms with Crippen LogP contribution in [-0.2, 0) is 11.3 Å². The van der Waals surface area contributed by atoms with E-state index in [-0.39, 0.29) is 11.9 Å². The molecule has 5 nitrogen and oxygen atoms in total. The van der Waals surface area contributed by atoms with E-state index in [1.807, 2.05) is 25.1 Å². The van der Waals surface area contributed by atoms with Gasteiger partial charge in [0.1, 0.15) is 6.04 Å². The molecule has 1 unspecified atom stereocenters. The van der Waals surface area contributed by atoms with Gasteiger partial charge < -0.3 is 15.5 Å². The molecule has 1 aromatic carbocycles. The third kappa shape index (κ3) is 2.81. The second-order valence-electron chi connectivity index (χ2n) is 4.58. The minimum atomic E-state index is -0.462. The molecule has 0 aliphatic carbocycles. The van der Waals surface area contributed by atoms with Crippen LogP contribution in [0.25, 0.3) is 0 Å². The normalized spacial score (nSPS) is 18.4. The molecule has 0 saturated carbocycles. The third-order valence-corrected chi connectivity index (χ3v) is 3.80. The molecule has 0 spiro atoms. The lowest BCUT2D eigenvalue weighted by Gasteiger charge is -2.17. The molecule has 0 bridgehead atoms. The van der Waals surface area contributed by atoms with Crippen LogP contribution in [0.3, 0.4) is 0 Å². The largest absolute Gasteiger partial charge is 0.350 e. The molecule has 1 aliphatic heterocycles. The van der Waals surface area contributed by atoms with E-state index in [9.17, 15) is 9.59 Å². The van der Waals surface area contributed by atoms with Gasteiger partial charge in [0.2, 0.25) is 5.91 Å². The van der Waals surface area contributed by atoms with Gasteiger partial charge in [-0.2, -0.15) is 0 Å². The summed E-state index contributed by atoms with van der Waals surface area (Å²) in [5.74, 6) is -0.182. The van der Waals surface area contributed by atoms with Crippen LogP contribution < -0.4 is 10.6 Å². The van der Waals surface area contributed by atoms with E-state index in [0.717, 1.165) is 11.1 Å². The molecular formula is C13H16ClN3O2. The quantitative estimate of drug-likeness (QED) is 0.877. The molecule has 1 fully saturated rings. The monoisotopic (exact) mass is 281 g/mol. The first kappa shape index (κ1) is 13.7. The number of benzene rings is 1. The van der Waals surface area contributed by atoms with Crippen molar-refractivity contribution in [3.05, 3.63) is 34.3 Å². The second-order valence-corrected chi connectivity index (χ2v) is 4.96. The molecule has 0 aromatic heterocycles. The van der Waals surface area contributed by atoms with Gasteiger partial charge in [-0.1, -0.05) is 29.8 Å². The smallest absolute Gasteiger partial charge is 0.317 e. The number of aryl methyl sites for hydroxylation is 1. The highest BCUT2D eigenvalue weighted by Gasteiger charge is 2.32. The van der Waals surface area contributed by atoms with Crippen LogP contribution >= 0.6 is 11.6 Å². The highest BCUT2D eigenvalue weighted by molar-refractivity contribution is 6.32. The Hall–Kier alpha value is -1.75. The number of nitrogens with one attached hydrogen (secondary N) is 2. The molecule has 1 heterocycles. The summed E-state index contributed by atoms with van der Waals surface area (Å²) in [5.41, 5.74) is 1.85. The van der Waals surface area contributed by atoms with Crippen molar-refractivity contribution in [2.75, 3.05) is 13.6 Å². The molecule has 2 rings (SSSR count). The molecular weight excluding hydrogens is 266 g/mol. The maximum absolute atomic E-state index is 12.0. The number of halogens is 1. The zero-order valence-electron chi connectivity index (χ0n) is 10.9. The molecule has 1 aliphatic rings.